The summed E-state index contributed by atoms with van der Waals surface area (Å²) in [5.41, 5.74) is 1.94. The smallest absolute Gasteiger partial charge is 0.264 e. The van der Waals surface area contributed by atoms with E-state index in [1.165, 1.54) is 17.0 Å². The van der Waals surface area contributed by atoms with Crippen molar-refractivity contribution in [1.82, 2.24) is 10.2 Å². The van der Waals surface area contributed by atoms with Gasteiger partial charge in [-0.1, -0.05) is 102 Å². The van der Waals surface area contributed by atoms with Crippen molar-refractivity contribution in [3.8, 4) is 0 Å². The van der Waals surface area contributed by atoms with Crippen molar-refractivity contribution in [2.75, 3.05) is 17.4 Å². The van der Waals surface area contributed by atoms with E-state index >= 15 is 0 Å². The van der Waals surface area contributed by atoms with Gasteiger partial charge in [0.05, 0.1) is 10.6 Å². The number of hydrogen-bond acceptors (Lipinski definition) is 4. The van der Waals surface area contributed by atoms with Gasteiger partial charge in [0, 0.05) is 29.0 Å². The fraction of sp³-hybridized carbons (Fsp3) is 0.235. The molecule has 0 heterocycles. The highest BCUT2D eigenvalue weighted by molar-refractivity contribution is 9.10. The normalized spacial score (nSPS) is 12.0. The minimum atomic E-state index is -4.15. The van der Waals surface area contributed by atoms with Crippen LogP contribution in [0.2, 0.25) is 5.02 Å². The summed E-state index contributed by atoms with van der Waals surface area (Å²) in [4.78, 5) is 29.7. The molecule has 7 nitrogen and oxygen atoms in total. The Hall–Kier alpha value is -3.66. The minimum absolute atomic E-state index is 0.0514. The second-order valence-corrected chi connectivity index (χ2v) is 14.0. The number of carbonyl (C=O) groups excluding carboxylic acids is 2. The number of nitrogens with zero attached hydrogens (tertiary/aromatic N) is 2. The van der Waals surface area contributed by atoms with Gasteiger partial charge in [-0.25, -0.2) is 8.42 Å². The van der Waals surface area contributed by atoms with E-state index < -0.39 is 28.5 Å². The highest BCUT2D eigenvalue weighted by Gasteiger charge is 2.34. The lowest BCUT2D eigenvalue weighted by atomic mass is 10.0. The molecule has 1 N–H and O–H groups in total. The maximum Gasteiger partial charge on any atom is 0.264 e. The molecule has 0 aliphatic rings. The zero-order chi connectivity index (χ0) is 31.7. The fourth-order valence-electron chi connectivity index (χ4n) is 4.62. The molecule has 0 spiro atoms. The van der Waals surface area contributed by atoms with Crippen LogP contribution in [0.25, 0.3) is 0 Å². The molecule has 0 unspecified atom stereocenters. The average molecular weight is 697 g/mol. The summed E-state index contributed by atoms with van der Waals surface area (Å²) in [6.07, 6.45) is 0.244. The summed E-state index contributed by atoms with van der Waals surface area (Å²) in [5, 5.41) is 3.53. The first kappa shape index (κ1) is 33.2. The van der Waals surface area contributed by atoms with Gasteiger partial charge in [-0.3, -0.25) is 13.9 Å². The van der Waals surface area contributed by atoms with E-state index in [2.05, 4.69) is 21.2 Å². The standard InChI is InChI=1S/C34H35BrClN3O4S/c1-25(2)22-37-34(41)32(21-26-9-5-3-6-10-26)38(23-27-13-17-29(36)18-14-27)33(40)24-39(30-19-15-28(35)16-20-30)44(42,43)31-11-7-4-8-12-31/h3-20,25,32H,21-24H2,1-2H3,(H,37,41)/t32-/m1/s1. The molecular formula is C34H35BrClN3O4S. The molecule has 4 rings (SSSR count). The molecule has 0 fully saturated rings. The van der Waals surface area contributed by atoms with Crippen LogP contribution in [0.5, 0.6) is 0 Å². The third-order valence-corrected chi connectivity index (χ3v) is 9.52. The van der Waals surface area contributed by atoms with Crippen LogP contribution in [0.3, 0.4) is 0 Å². The average Bonchev–Trinajstić information content (AvgIpc) is 3.02. The fourth-order valence-corrected chi connectivity index (χ4v) is 6.44. The molecule has 0 bridgehead atoms. The Bertz CT molecular complexity index is 1640. The second-order valence-electron chi connectivity index (χ2n) is 10.8. The molecule has 4 aromatic rings. The Morgan fingerprint density at radius 2 is 1.41 bits per heavy atom. The summed E-state index contributed by atoms with van der Waals surface area (Å²) in [6.45, 7) is 3.97. The Morgan fingerprint density at radius 1 is 0.818 bits per heavy atom. The van der Waals surface area contributed by atoms with Gasteiger partial charge in [0.15, 0.2) is 0 Å². The van der Waals surface area contributed by atoms with Crippen molar-refractivity contribution in [1.29, 1.82) is 0 Å². The van der Waals surface area contributed by atoms with E-state index in [1.807, 2.05) is 44.2 Å². The first-order valence-electron chi connectivity index (χ1n) is 14.2. The number of halogens is 2. The van der Waals surface area contributed by atoms with Gasteiger partial charge < -0.3 is 10.2 Å². The van der Waals surface area contributed by atoms with E-state index in [0.29, 0.717) is 17.3 Å². The Morgan fingerprint density at radius 3 is 2.00 bits per heavy atom. The predicted octanol–water partition coefficient (Wildman–Crippen LogP) is 6.71. The topological polar surface area (TPSA) is 86.8 Å². The van der Waals surface area contributed by atoms with Gasteiger partial charge in [-0.2, -0.15) is 0 Å². The Kier molecular flexibility index (Phi) is 11.6. The molecule has 0 aromatic heterocycles. The first-order chi connectivity index (χ1) is 21.0. The van der Waals surface area contributed by atoms with Crippen LogP contribution in [0.1, 0.15) is 25.0 Å². The number of amides is 2. The number of nitrogens with one attached hydrogen (secondary N) is 1. The van der Waals surface area contributed by atoms with Gasteiger partial charge in [-0.05, 0) is 65.6 Å². The van der Waals surface area contributed by atoms with Crippen molar-refractivity contribution in [2.24, 2.45) is 5.92 Å². The van der Waals surface area contributed by atoms with Crippen molar-refractivity contribution >= 4 is 55.1 Å². The molecular weight excluding hydrogens is 662 g/mol. The van der Waals surface area contributed by atoms with E-state index in [9.17, 15) is 18.0 Å². The number of hydrogen-bond donors (Lipinski definition) is 1. The van der Waals surface area contributed by atoms with E-state index in [-0.39, 0.29) is 29.7 Å². The van der Waals surface area contributed by atoms with Crippen LogP contribution >= 0.6 is 27.5 Å². The van der Waals surface area contributed by atoms with Crippen LogP contribution in [-0.2, 0) is 32.6 Å². The number of sulfonamides is 1. The maximum absolute atomic E-state index is 14.4. The monoisotopic (exact) mass is 695 g/mol. The van der Waals surface area contributed by atoms with E-state index in [4.69, 9.17) is 11.6 Å². The molecule has 230 valence electrons. The second kappa shape index (κ2) is 15.4. The van der Waals surface area contributed by atoms with E-state index in [0.717, 1.165) is 19.9 Å². The quantitative estimate of drug-likeness (QED) is 0.168. The summed E-state index contributed by atoms with van der Waals surface area (Å²) >= 11 is 9.54. The van der Waals surface area contributed by atoms with Crippen molar-refractivity contribution in [3.05, 3.63) is 130 Å². The number of anilines is 1. The van der Waals surface area contributed by atoms with Crippen LogP contribution in [-0.4, -0.2) is 44.3 Å². The molecule has 0 aliphatic carbocycles. The number of benzene rings is 4. The molecule has 2 amide bonds. The van der Waals surface area contributed by atoms with Crippen LogP contribution in [0, 0.1) is 5.92 Å². The number of rotatable bonds is 13. The molecule has 4 aromatic carbocycles. The summed E-state index contributed by atoms with van der Waals surface area (Å²) in [6, 6.07) is 30.3. The summed E-state index contributed by atoms with van der Waals surface area (Å²) < 4.78 is 29.8. The zero-order valence-electron chi connectivity index (χ0n) is 24.6. The lowest BCUT2D eigenvalue weighted by Gasteiger charge is -2.34. The van der Waals surface area contributed by atoms with Gasteiger partial charge in [0.1, 0.15) is 12.6 Å². The Labute approximate surface area is 273 Å². The molecule has 44 heavy (non-hydrogen) atoms. The molecule has 10 heteroatoms. The third kappa shape index (κ3) is 8.94. The van der Waals surface area contributed by atoms with Gasteiger partial charge in [-0.15, -0.1) is 0 Å². The molecule has 0 radical (unpaired) electrons. The molecule has 1 atom stereocenters. The highest BCUT2D eigenvalue weighted by Crippen LogP contribution is 2.26. The summed E-state index contributed by atoms with van der Waals surface area (Å²) in [7, 11) is -4.15. The zero-order valence-corrected chi connectivity index (χ0v) is 27.7. The molecule has 0 saturated heterocycles. The van der Waals surface area contributed by atoms with Crippen molar-refractivity contribution in [2.45, 2.75) is 37.8 Å². The first-order valence-corrected chi connectivity index (χ1v) is 16.8. The van der Waals surface area contributed by atoms with Gasteiger partial charge in [0.25, 0.3) is 10.0 Å². The van der Waals surface area contributed by atoms with E-state index in [1.54, 1.807) is 66.7 Å². The highest BCUT2D eigenvalue weighted by atomic mass is 79.9. The predicted molar refractivity (Wildman–Crippen MR) is 179 cm³/mol. The van der Waals surface area contributed by atoms with Crippen molar-refractivity contribution < 1.29 is 18.0 Å². The largest absolute Gasteiger partial charge is 0.354 e. The SMILES string of the molecule is CC(C)CNC(=O)[C@@H](Cc1ccccc1)N(Cc1ccc(Cl)cc1)C(=O)CN(c1ccc(Br)cc1)S(=O)(=O)c1ccccc1. The van der Waals surface area contributed by atoms with Crippen LogP contribution in [0.15, 0.2) is 119 Å². The van der Waals surface area contributed by atoms with Crippen LogP contribution < -0.4 is 9.62 Å². The maximum atomic E-state index is 14.4. The van der Waals surface area contributed by atoms with Crippen molar-refractivity contribution in [3.63, 3.8) is 0 Å². The molecule has 0 saturated carbocycles. The van der Waals surface area contributed by atoms with Gasteiger partial charge >= 0.3 is 0 Å². The number of carbonyl (C=O) groups is 2. The lowest BCUT2D eigenvalue weighted by Crippen LogP contribution is -2.53. The summed E-state index contributed by atoms with van der Waals surface area (Å²) in [5.74, 6) is -0.644. The Balaban J connectivity index is 1.78. The third-order valence-electron chi connectivity index (χ3n) is 6.95. The molecule has 0 aliphatic heterocycles. The lowest BCUT2D eigenvalue weighted by molar-refractivity contribution is -0.140. The minimum Gasteiger partial charge on any atom is -0.354 e. The van der Waals surface area contributed by atoms with Crippen LogP contribution in [0.4, 0.5) is 5.69 Å². The van der Waals surface area contributed by atoms with Gasteiger partial charge in [0.2, 0.25) is 11.8 Å².